The fourth-order valence-electron chi connectivity index (χ4n) is 4.87. The number of rotatable bonds is 10. The predicted octanol–water partition coefficient (Wildman–Crippen LogP) is 9.05. The number of ether oxygens (including phenoxy) is 3. The molecule has 4 aromatic rings. The Bertz CT molecular complexity index is 1290. The summed E-state index contributed by atoms with van der Waals surface area (Å²) in [5.41, 5.74) is 4.00. The van der Waals surface area contributed by atoms with E-state index in [0.717, 1.165) is 5.75 Å². The summed E-state index contributed by atoms with van der Waals surface area (Å²) in [4.78, 5) is 0. The van der Waals surface area contributed by atoms with Gasteiger partial charge in [-0.05, 0) is 77.1 Å². The van der Waals surface area contributed by atoms with E-state index >= 15 is 0 Å². The molecular weight excluding hydrogens is 456 g/mol. The van der Waals surface area contributed by atoms with Crippen LogP contribution in [0.4, 0.5) is 0 Å². The van der Waals surface area contributed by atoms with Crippen LogP contribution in [-0.4, -0.2) is 19.5 Å². The zero-order chi connectivity index (χ0) is 26.4. The molecule has 0 saturated heterocycles. The Hall–Kier alpha value is -3.14. The summed E-state index contributed by atoms with van der Waals surface area (Å²) in [5.74, 6) is 1.17. The molecule has 0 aliphatic heterocycles. The van der Waals surface area contributed by atoms with Crippen LogP contribution < -0.4 is 4.74 Å². The molecule has 0 aromatic heterocycles. The van der Waals surface area contributed by atoms with Gasteiger partial charge >= 0.3 is 0 Å². The van der Waals surface area contributed by atoms with Crippen LogP contribution in [0.3, 0.4) is 0 Å². The molecule has 37 heavy (non-hydrogen) atoms. The second kappa shape index (κ2) is 11.9. The van der Waals surface area contributed by atoms with E-state index in [0.29, 0.717) is 25.7 Å². The maximum Gasteiger partial charge on any atom is 0.197 e. The Kier molecular flexibility index (Phi) is 8.68. The van der Waals surface area contributed by atoms with Crippen LogP contribution in [0, 0.1) is 5.41 Å². The number of benzene rings is 4. The van der Waals surface area contributed by atoms with E-state index in [1.54, 1.807) is 0 Å². The van der Waals surface area contributed by atoms with Crippen LogP contribution in [0.1, 0.15) is 58.6 Å². The zero-order valence-electron chi connectivity index (χ0n) is 23.1. The highest BCUT2D eigenvalue weighted by atomic mass is 16.7. The Morgan fingerprint density at radius 2 is 1.41 bits per heavy atom. The minimum absolute atomic E-state index is 0.147. The van der Waals surface area contributed by atoms with Crippen molar-refractivity contribution in [2.24, 2.45) is 5.41 Å². The van der Waals surface area contributed by atoms with E-state index in [2.05, 4.69) is 107 Å². The van der Waals surface area contributed by atoms with Gasteiger partial charge < -0.3 is 14.2 Å². The summed E-state index contributed by atoms with van der Waals surface area (Å²) >= 11 is 0. The first-order valence-electron chi connectivity index (χ1n) is 13.2. The van der Waals surface area contributed by atoms with Gasteiger partial charge in [0.2, 0.25) is 0 Å². The van der Waals surface area contributed by atoms with Gasteiger partial charge in [-0.1, -0.05) is 93.1 Å². The largest absolute Gasteiger partial charge is 0.465 e. The van der Waals surface area contributed by atoms with Crippen molar-refractivity contribution in [1.82, 2.24) is 0 Å². The van der Waals surface area contributed by atoms with Crippen molar-refractivity contribution in [1.29, 1.82) is 0 Å². The lowest BCUT2D eigenvalue weighted by Gasteiger charge is -2.29. The zero-order valence-corrected chi connectivity index (χ0v) is 23.1. The molecule has 0 bridgehead atoms. The third kappa shape index (κ3) is 7.00. The maximum atomic E-state index is 6.06. The second-order valence-electron chi connectivity index (χ2n) is 11.1. The highest BCUT2D eigenvalue weighted by molar-refractivity contribution is 6.02. The van der Waals surface area contributed by atoms with Crippen molar-refractivity contribution >= 4 is 21.5 Å². The molecule has 4 rings (SSSR count). The Morgan fingerprint density at radius 1 is 0.811 bits per heavy atom. The number of hydrogen-bond donors (Lipinski definition) is 0. The molecular formula is C34H40O3. The summed E-state index contributed by atoms with van der Waals surface area (Å²) in [5, 5.41) is 4.94. The monoisotopic (exact) mass is 496 g/mol. The molecule has 3 heteroatoms. The average Bonchev–Trinajstić information content (AvgIpc) is 2.86. The smallest absolute Gasteiger partial charge is 0.197 e. The first-order chi connectivity index (χ1) is 17.7. The van der Waals surface area contributed by atoms with Crippen LogP contribution in [-0.2, 0) is 16.1 Å². The SMILES string of the molecule is CC(C)=CC(c1ccc(OC(C)OCCOCc2c3ccccc3cc3ccccc23)cc1)C(C)(C)C. The summed E-state index contributed by atoms with van der Waals surface area (Å²) in [6.07, 6.45) is 1.99. The topological polar surface area (TPSA) is 27.7 Å². The molecule has 3 nitrogen and oxygen atoms in total. The Balaban J connectivity index is 1.30. The summed E-state index contributed by atoms with van der Waals surface area (Å²) < 4.78 is 17.9. The van der Waals surface area contributed by atoms with E-state index in [1.165, 1.54) is 38.2 Å². The van der Waals surface area contributed by atoms with Crippen molar-refractivity contribution < 1.29 is 14.2 Å². The summed E-state index contributed by atoms with van der Waals surface area (Å²) in [6, 6.07) is 27.6. The molecule has 0 N–H and O–H groups in total. The lowest BCUT2D eigenvalue weighted by Crippen LogP contribution is -2.19. The highest BCUT2D eigenvalue weighted by Crippen LogP contribution is 2.37. The summed E-state index contributed by atoms with van der Waals surface area (Å²) in [6.45, 7) is 14.6. The standard InChI is InChI=1S/C34H40O3/c1-24(2)21-33(34(4,5)6)26-15-17-29(18-16-26)37-25(3)36-20-19-35-23-32-30-13-9-7-11-27(30)22-28-12-8-10-14-31(28)32/h7-18,21-22,25,33H,19-20,23H2,1-6H3. The average molecular weight is 497 g/mol. The first kappa shape index (κ1) is 26.9. The molecule has 0 radical (unpaired) electrons. The van der Waals surface area contributed by atoms with E-state index in [-0.39, 0.29) is 11.7 Å². The van der Waals surface area contributed by atoms with Gasteiger partial charge in [0.05, 0.1) is 19.8 Å². The Morgan fingerprint density at radius 3 is 1.97 bits per heavy atom. The van der Waals surface area contributed by atoms with E-state index in [9.17, 15) is 0 Å². The molecule has 0 heterocycles. The predicted molar refractivity (Wildman–Crippen MR) is 155 cm³/mol. The van der Waals surface area contributed by atoms with Crippen LogP contribution in [0.25, 0.3) is 21.5 Å². The van der Waals surface area contributed by atoms with Crippen molar-refractivity contribution in [3.63, 3.8) is 0 Å². The molecule has 0 aliphatic rings. The first-order valence-corrected chi connectivity index (χ1v) is 13.2. The van der Waals surface area contributed by atoms with Crippen molar-refractivity contribution in [2.45, 2.75) is 60.4 Å². The fourth-order valence-corrected chi connectivity index (χ4v) is 4.87. The van der Waals surface area contributed by atoms with Crippen LogP contribution in [0.2, 0.25) is 0 Å². The van der Waals surface area contributed by atoms with Crippen molar-refractivity contribution in [2.75, 3.05) is 13.2 Å². The van der Waals surface area contributed by atoms with Gasteiger partial charge in [-0.3, -0.25) is 0 Å². The van der Waals surface area contributed by atoms with Crippen molar-refractivity contribution in [3.05, 3.63) is 102 Å². The number of fused-ring (bicyclic) bond motifs is 2. The van der Waals surface area contributed by atoms with E-state index in [1.807, 2.05) is 19.1 Å². The fraction of sp³-hybridized carbons (Fsp3) is 0.353. The highest BCUT2D eigenvalue weighted by Gasteiger charge is 2.24. The van der Waals surface area contributed by atoms with Gasteiger partial charge in [0, 0.05) is 5.92 Å². The molecule has 0 spiro atoms. The molecule has 194 valence electrons. The van der Waals surface area contributed by atoms with Crippen LogP contribution in [0.15, 0.2) is 90.5 Å². The maximum absolute atomic E-state index is 6.06. The van der Waals surface area contributed by atoms with Crippen molar-refractivity contribution in [3.8, 4) is 5.75 Å². The van der Waals surface area contributed by atoms with E-state index < -0.39 is 0 Å². The molecule has 2 atom stereocenters. The molecule has 0 aliphatic carbocycles. The molecule has 0 amide bonds. The van der Waals surface area contributed by atoms with Crippen LogP contribution in [0.5, 0.6) is 5.75 Å². The van der Waals surface area contributed by atoms with Gasteiger partial charge in [-0.25, -0.2) is 0 Å². The Labute approximate surface area is 222 Å². The normalized spacial score (nSPS) is 13.5. The minimum atomic E-state index is -0.357. The summed E-state index contributed by atoms with van der Waals surface area (Å²) in [7, 11) is 0. The van der Waals surface area contributed by atoms with Gasteiger partial charge in [0.25, 0.3) is 0 Å². The lowest BCUT2D eigenvalue weighted by molar-refractivity contribution is -0.0847. The number of allylic oxidation sites excluding steroid dienone is 2. The van der Waals surface area contributed by atoms with Gasteiger partial charge in [0.1, 0.15) is 5.75 Å². The third-order valence-corrected chi connectivity index (χ3v) is 6.68. The lowest BCUT2D eigenvalue weighted by atomic mass is 9.76. The number of hydrogen-bond acceptors (Lipinski definition) is 3. The molecule has 0 saturated carbocycles. The molecule has 0 fully saturated rings. The quantitative estimate of drug-likeness (QED) is 0.0948. The minimum Gasteiger partial charge on any atom is -0.465 e. The van der Waals surface area contributed by atoms with Crippen LogP contribution >= 0.6 is 0 Å². The third-order valence-electron chi connectivity index (χ3n) is 6.68. The molecule has 2 unspecified atom stereocenters. The molecule has 4 aromatic carbocycles. The second-order valence-corrected chi connectivity index (χ2v) is 11.1. The van der Waals surface area contributed by atoms with E-state index in [4.69, 9.17) is 14.2 Å². The van der Waals surface area contributed by atoms with Gasteiger partial charge in [-0.15, -0.1) is 0 Å². The van der Waals surface area contributed by atoms with Gasteiger partial charge in [0.15, 0.2) is 6.29 Å². The van der Waals surface area contributed by atoms with Gasteiger partial charge in [-0.2, -0.15) is 0 Å².